The number of aliphatic hydroxyl groups is 1. The van der Waals surface area contributed by atoms with E-state index in [0.29, 0.717) is 42.4 Å². The minimum Gasteiger partial charge on any atom is -0.486 e. The number of pyridine rings is 2. The lowest BCUT2D eigenvalue weighted by atomic mass is 9.87. The van der Waals surface area contributed by atoms with Crippen LogP contribution in [-0.2, 0) is 34.8 Å². The minimum absolute atomic E-state index is 0.126. The quantitative estimate of drug-likeness (QED) is 0.492. The van der Waals surface area contributed by atoms with Gasteiger partial charge in [0.05, 0.1) is 17.6 Å². The number of fused-ring (bicyclic) bond motifs is 3. The van der Waals surface area contributed by atoms with E-state index < -0.39 is 11.6 Å². The van der Waals surface area contributed by atoms with Crippen molar-refractivity contribution in [2.24, 2.45) is 0 Å². The second kappa shape index (κ2) is 9.93. The van der Waals surface area contributed by atoms with Crippen molar-refractivity contribution in [2.75, 3.05) is 46.4 Å². The monoisotopic (exact) mass is 534 g/mol. The normalized spacial score (nSPS) is 21.6. The number of nitrogens with zero attached hydrogens (tertiary/aromatic N) is 4. The van der Waals surface area contributed by atoms with Crippen LogP contribution >= 0.6 is 0 Å². The van der Waals surface area contributed by atoms with Gasteiger partial charge >= 0.3 is 5.97 Å². The Bertz CT molecular complexity index is 1510. The number of benzene rings is 1. The average molecular weight is 535 g/mol. The highest BCUT2D eigenvalue weighted by Gasteiger charge is 2.44. The lowest BCUT2D eigenvalue weighted by Crippen LogP contribution is -2.44. The summed E-state index contributed by atoms with van der Waals surface area (Å²) in [5, 5.41) is 11.9. The molecule has 3 aliphatic heterocycles. The number of rotatable bonds is 5. The average Bonchev–Trinajstić information content (AvgIpc) is 2.94. The van der Waals surface area contributed by atoms with Crippen LogP contribution in [0.25, 0.3) is 10.9 Å². The maximum Gasteiger partial charge on any atom is 0.343 e. The second-order valence-corrected chi connectivity index (χ2v) is 10.7. The SMILES string of the molecule is CC[C@@]1(O)C(=O)OCc2c1ccn(Cc1c(C)nc3cc4c(cc3c1CN1CCN(C)CC1)OCCO4)c2=O. The maximum atomic E-state index is 13.6. The number of carbonyl (C=O) groups is 1. The number of piperazine rings is 1. The van der Waals surface area contributed by atoms with Gasteiger partial charge in [0.15, 0.2) is 17.1 Å². The van der Waals surface area contributed by atoms with Crippen molar-refractivity contribution in [3.63, 3.8) is 0 Å². The van der Waals surface area contributed by atoms with Crippen molar-refractivity contribution < 1.29 is 24.1 Å². The molecule has 0 amide bonds. The summed E-state index contributed by atoms with van der Waals surface area (Å²) in [6, 6.07) is 5.63. The molecule has 1 atom stereocenters. The summed E-state index contributed by atoms with van der Waals surface area (Å²) in [4.78, 5) is 35.6. The molecular formula is C29H34N4O6. The molecule has 0 radical (unpaired) electrons. The molecule has 206 valence electrons. The van der Waals surface area contributed by atoms with Crippen LogP contribution in [0.5, 0.6) is 11.5 Å². The van der Waals surface area contributed by atoms with Crippen LogP contribution in [0.4, 0.5) is 0 Å². The fraction of sp³-hybridized carbons (Fsp3) is 0.483. The predicted octanol–water partition coefficient (Wildman–Crippen LogP) is 1.93. The number of esters is 1. The van der Waals surface area contributed by atoms with Crippen molar-refractivity contribution in [1.82, 2.24) is 19.4 Å². The van der Waals surface area contributed by atoms with E-state index in [4.69, 9.17) is 19.2 Å². The van der Waals surface area contributed by atoms with Crippen LogP contribution in [0.15, 0.2) is 29.2 Å². The summed E-state index contributed by atoms with van der Waals surface area (Å²) in [6.45, 7) is 9.43. The molecular weight excluding hydrogens is 500 g/mol. The van der Waals surface area contributed by atoms with Crippen molar-refractivity contribution in [1.29, 1.82) is 0 Å². The van der Waals surface area contributed by atoms with Gasteiger partial charge < -0.3 is 28.8 Å². The summed E-state index contributed by atoms with van der Waals surface area (Å²) in [5.41, 5.74) is 2.31. The largest absolute Gasteiger partial charge is 0.486 e. The lowest BCUT2D eigenvalue weighted by molar-refractivity contribution is -0.172. The van der Waals surface area contributed by atoms with Gasteiger partial charge in [0.25, 0.3) is 5.56 Å². The molecule has 1 N–H and O–H groups in total. The van der Waals surface area contributed by atoms with Crippen molar-refractivity contribution in [3.05, 3.63) is 62.7 Å². The number of cyclic esters (lactones) is 1. The third kappa shape index (κ3) is 4.46. The Morgan fingerprint density at radius 3 is 2.44 bits per heavy atom. The highest BCUT2D eigenvalue weighted by atomic mass is 16.6. The first-order chi connectivity index (χ1) is 18.8. The van der Waals surface area contributed by atoms with Crippen LogP contribution < -0.4 is 15.0 Å². The van der Waals surface area contributed by atoms with E-state index in [1.54, 1.807) is 23.8 Å². The number of aryl methyl sites for hydroxylation is 1. The molecule has 1 saturated heterocycles. The van der Waals surface area contributed by atoms with Gasteiger partial charge in [-0.2, -0.15) is 0 Å². The van der Waals surface area contributed by atoms with Gasteiger partial charge in [-0.05, 0) is 43.7 Å². The topological polar surface area (TPSA) is 106 Å². The van der Waals surface area contributed by atoms with Crippen LogP contribution in [0.1, 0.15) is 41.3 Å². The Morgan fingerprint density at radius 1 is 1.00 bits per heavy atom. The number of carbonyl (C=O) groups excluding carboxylic acids is 1. The van der Waals surface area contributed by atoms with E-state index in [1.807, 2.05) is 19.1 Å². The molecule has 1 aromatic carbocycles. The highest BCUT2D eigenvalue weighted by Crippen LogP contribution is 2.37. The van der Waals surface area contributed by atoms with Gasteiger partial charge in [0.2, 0.25) is 0 Å². The fourth-order valence-corrected chi connectivity index (χ4v) is 5.81. The molecule has 0 saturated carbocycles. The standard InChI is InChI=1S/C29H34N4O6/c1-4-29(36)23-5-6-33(27(34)22(23)17-39-28(29)35)16-20-18(2)30-24-14-26-25(37-11-12-38-26)13-19(24)21(20)15-32-9-7-31(3)8-10-32/h5-6,13-14,36H,4,7-12,15-17H2,1-3H3/t29-/m0/s1. The van der Waals surface area contributed by atoms with Crippen LogP contribution in [0, 0.1) is 6.92 Å². The number of aromatic nitrogens is 2. The van der Waals surface area contributed by atoms with Gasteiger partial charge in [0.1, 0.15) is 19.8 Å². The maximum absolute atomic E-state index is 13.6. The Hall–Kier alpha value is -3.47. The molecule has 1 fully saturated rings. The number of hydrogen-bond acceptors (Lipinski definition) is 9. The zero-order valence-electron chi connectivity index (χ0n) is 22.7. The van der Waals surface area contributed by atoms with E-state index in [-0.39, 0.29) is 18.6 Å². The molecule has 0 aliphatic carbocycles. The Labute approximate surface area is 226 Å². The zero-order valence-corrected chi connectivity index (χ0v) is 22.7. The number of likely N-dealkylation sites (N-methyl/N-ethyl adjacent to an activating group) is 1. The van der Waals surface area contributed by atoms with E-state index in [1.165, 1.54) is 0 Å². The smallest absolute Gasteiger partial charge is 0.343 e. The first-order valence-electron chi connectivity index (χ1n) is 13.5. The van der Waals surface area contributed by atoms with E-state index in [2.05, 4.69) is 16.8 Å². The van der Waals surface area contributed by atoms with Gasteiger partial charge in [-0.1, -0.05) is 6.92 Å². The van der Waals surface area contributed by atoms with Crippen LogP contribution in [-0.4, -0.2) is 76.9 Å². The Kier molecular flexibility index (Phi) is 6.57. The molecule has 6 rings (SSSR count). The third-order valence-electron chi connectivity index (χ3n) is 8.29. The molecule has 3 aliphatic rings. The van der Waals surface area contributed by atoms with Gasteiger partial charge in [-0.3, -0.25) is 14.7 Å². The molecule has 10 heteroatoms. The Balaban J connectivity index is 1.46. The first-order valence-corrected chi connectivity index (χ1v) is 13.5. The van der Waals surface area contributed by atoms with Crippen molar-refractivity contribution >= 4 is 16.9 Å². The second-order valence-electron chi connectivity index (χ2n) is 10.7. The van der Waals surface area contributed by atoms with E-state index in [0.717, 1.165) is 60.4 Å². The molecule has 0 spiro atoms. The summed E-state index contributed by atoms with van der Waals surface area (Å²) in [7, 11) is 2.14. The highest BCUT2D eigenvalue weighted by molar-refractivity contribution is 5.87. The molecule has 39 heavy (non-hydrogen) atoms. The molecule has 2 aromatic heterocycles. The molecule has 3 aromatic rings. The molecule has 10 nitrogen and oxygen atoms in total. The Morgan fingerprint density at radius 2 is 1.72 bits per heavy atom. The fourth-order valence-electron chi connectivity index (χ4n) is 5.81. The van der Waals surface area contributed by atoms with Gasteiger partial charge in [-0.15, -0.1) is 0 Å². The summed E-state index contributed by atoms with van der Waals surface area (Å²) >= 11 is 0. The molecule has 0 unspecified atom stereocenters. The van der Waals surface area contributed by atoms with Crippen LogP contribution in [0.3, 0.4) is 0 Å². The third-order valence-corrected chi connectivity index (χ3v) is 8.29. The van der Waals surface area contributed by atoms with E-state index >= 15 is 0 Å². The van der Waals surface area contributed by atoms with E-state index in [9.17, 15) is 14.7 Å². The summed E-state index contributed by atoms with van der Waals surface area (Å²) in [5.74, 6) is 0.688. The first kappa shape index (κ1) is 25.8. The van der Waals surface area contributed by atoms with Crippen molar-refractivity contribution in [2.45, 2.75) is 45.6 Å². The lowest BCUT2D eigenvalue weighted by Gasteiger charge is -2.33. The van der Waals surface area contributed by atoms with Crippen LogP contribution in [0.2, 0.25) is 0 Å². The number of hydrogen-bond donors (Lipinski definition) is 1. The zero-order chi connectivity index (χ0) is 27.3. The van der Waals surface area contributed by atoms with Crippen molar-refractivity contribution in [3.8, 4) is 11.5 Å². The summed E-state index contributed by atoms with van der Waals surface area (Å²) in [6.07, 6.45) is 1.79. The minimum atomic E-state index is -1.81. The number of ether oxygens (including phenoxy) is 3. The molecule has 5 heterocycles. The predicted molar refractivity (Wildman–Crippen MR) is 144 cm³/mol. The molecule has 0 bridgehead atoms. The summed E-state index contributed by atoms with van der Waals surface area (Å²) < 4.78 is 18.6. The van der Waals surface area contributed by atoms with Gasteiger partial charge in [-0.25, -0.2) is 4.79 Å². The van der Waals surface area contributed by atoms with Gasteiger partial charge in [0, 0.05) is 61.6 Å².